The highest BCUT2D eigenvalue weighted by Crippen LogP contribution is 2.44. The van der Waals surface area contributed by atoms with Gasteiger partial charge in [0.05, 0.1) is 0 Å². The molecule has 0 aliphatic heterocycles. The Morgan fingerprint density at radius 3 is 1.56 bits per heavy atom. The number of fused-ring (bicyclic) bond motifs is 2. The van der Waals surface area contributed by atoms with Crippen LogP contribution >= 0.6 is 0 Å². The largest absolute Gasteiger partial charge is 0.264 e. The summed E-state index contributed by atoms with van der Waals surface area (Å²) >= 11 is 0. The smallest absolute Gasteiger partial charge is 0.0346 e. The fraction of sp³-hybridized carbons (Fsp3) is 0.0270. The lowest BCUT2D eigenvalue weighted by Gasteiger charge is -2.18. The zero-order chi connectivity index (χ0) is 26.2. The van der Waals surface area contributed by atoms with E-state index >= 15 is 0 Å². The number of aromatic nitrogens is 2. The second-order valence-corrected chi connectivity index (χ2v) is 9.99. The molecule has 0 aliphatic carbocycles. The summed E-state index contributed by atoms with van der Waals surface area (Å²) in [7, 11) is 0. The molecule has 2 heterocycles. The average molecular weight is 499 g/mol. The van der Waals surface area contributed by atoms with Gasteiger partial charge >= 0.3 is 0 Å². The fourth-order valence-corrected chi connectivity index (χ4v) is 5.68. The van der Waals surface area contributed by atoms with Crippen molar-refractivity contribution < 1.29 is 0 Å². The second kappa shape index (κ2) is 9.66. The Kier molecular flexibility index (Phi) is 5.71. The maximum Gasteiger partial charge on any atom is 0.0346 e. The summed E-state index contributed by atoms with van der Waals surface area (Å²) < 4.78 is 0. The Morgan fingerprint density at radius 2 is 0.949 bits per heavy atom. The first-order chi connectivity index (χ1) is 19.3. The van der Waals surface area contributed by atoms with Crippen molar-refractivity contribution in [2.45, 2.75) is 6.92 Å². The van der Waals surface area contributed by atoms with Crippen LogP contribution < -0.4 is 0 Å². The number of nitrogens with zero attached hydrogens (tertiary/aromatic N) is 2. The molecule has 0 saturated heterocycles. The van der Waals surface area contributed by atoms with E-state index in [1.165, 1.54) is 54.9 Å². The van der Waals surface area contributed by atoms with Gasteiger partial charge in [0.25, 0.3) is 0 Å². The van der Waals surface area contributed by atoms with Crippen LogP contribution in [0.4, 0.5) is 0 Å². The lowest BCUT2D eigenvalue weighted by molar-refractivity contribution is 1.27. The van der Waals surface area contributed by atoms with E-state index in [0.29, 0.717) is 0 Å². The molecule has 2 heteroatoms. The minimum atomic E-state index is 1.12. The summed E-state index contributed by atoms with van der Waals surface area (Å²) in [5.74, 6) is 0. The van der Waals surface area contributed by atoms with Crippen LogP contribution in [-0.2, 0) is 0 Å². The number of aryl methyl sites for hydroxylation is 1. The summed E-state index contributed by atoms with van der Waals surface area (Å²) in [5.41, 5.74) is 10.7. The van der Waals surface area contributed by atoms with E-state index in [1.54, 1.807) is 0 Å². The Morgan fingerprint density at radius 1 is 0.385 bits per heavy atom. The van der Waals surface area contributed by atoms with Crippen LogP contribution in [0.2, 0.25) is 0 Å². The first kappa shape index (κ1) is 23.1. The van der Waals surface area contributed by atoms with E-state index in [4.69, 9.17) is 0 Å². The van der Waals surface area contributed by atoms with Crippen LogP contribution in [0.1, 0.15) is 5.56 Å². The quantitative estimate of drug-likeness (QED) is 0.226. The van der Waals surface area contributed by atoms with Crippen LogP contribution in [0.15, 0.2) is 140 Å². The van der Waals surface area contributed by atoms with Crippen LogP contribution in [0.25, 0.3) is 66.1 Å². The van der Waals surface area contributed by atoms with Gasteiger partial charge in [0.15, 0.2) is 0 Å². The molecule has 2 nitrogen and oxygen atoms in total. The third-order valence-corrected chi connectivity index (χ3v) is 7.46. The van der Waals surface area contributed by atoms with Gasteiger partial charge in [0.2, 0.25) is 0 Å². The Labute approximate surface area is 228 Å². The van der Waals surface area contributed by atoms with Crippen molar-refractivity contribution in [1.29, 1.82) is 0 Å². The normalized spacial score (nSPS) is 11.2. The zero-order valence-corrected chi connectivity index (χ0v) is 21.7. The summed E-state index contributed by atoms with van der Waals surface area (Å²) in [6, 6.07) is 41.6. The number of pyridine rings is 2. The summed E-state index contributed by atoms with van der Waals surface area (Å²) in [4.78, 5) is 8.72. The van der Waals surface area contributed by atoms with Crippen LogP contribution in [0.3, 0.4) is 0 Å². The van der Waals surface area contributed by atoms with Gasteiger partial charge in [-0.25, -0.2) is 0 Å². The van der Waals surface area contributed by atoms with Gasteiger partial charge in [-0.05, 0) is 85.6 Å². The molecule has 0 unspecified atom stereocenters. The lowest BCUT2D eigenvalue weighted by atomic mass is 9.85. The Balaban J connectivity index is 1.45. The van der Waals surface area contributed by atoms with Gasteiger partial charge in [0.1, 0.15) is 0 Å². The highest BCUT2D eigenvalue weighted by Gasteiger charge is 2.17. The zero-order valence-electron chi connectivity index (χ0n) is 21.7. The molecule has 0 fully saturated rings. The maximum atomic E-state index is 4.38. The Hall–Kier alpha value is -5.08. The van der Waals surface area contributed by atoms with Gasteiger partial charge < -0.3 is 0 Å². The average Bonchev–Trinajstić information content (AvgIpc) is 3.00. The predicted octanol–water partition coefficient (Wildman–Crippen LogP) is 9.76. The Bertz CT molecular complexity index is 1900. The molecule has 7 rings (SSSR count). The molecule has 0 saturated carbocycles. The number of hydrogen-bond acceptors (Lipinski definition) is 2. The molecular formula is C37H26N2. The number of rotatable bonds is 4. The molecule has 5 aromatic carbocycles. The van der Waals surface area contributed by atoms with E-state index in [9.17, 15) is 0 Å². The van der Waals surface area contributed by atoms with Gasteiger partial charge in [0, 0.05) is 35.9 Å². The molecule has 0 N–H and O–H groups in total. The van der Waals surface area contributed by atoms with Crippen molar-refractivity contribution in [3.63, 3.8) is 0 Å². The molecule has 7 aromatic rings. The standard InChI is InChI=1S/C37H26N2/c1-25-20-31(24-39-22-25)26-15-17-27(18-16-26)36-32-11-2-4-13-34(32)37(35-14-5-3-12-33(35)36)29-9-6-8-28(21-29)30-10-7-19-38-23-30/h2-24H,1H3. The highest BCUT2D eigenvalue weighted by atomic mass is 14.6. The topological polar surface area (TPSA) is 25.8 Å². The third-order valence-electron chi connectivity index (χ3n) is 7.46. The predicted molar refractivity (Wildman–Crippen MR) is 164 cm³/mol. The van der Waals surface area contributed by atoms with E-state index in [2.05, 4.69) is 126 Å². The first-order valence-corrected chi connectivity index (χ1v) is 13.2. The highest BCUT2D eigenvalue weighted by molar-refractivity contribution is 6.21. The third kappa shape index (κ3) is 4.17. The van der Waals surface area contributed by atoms with Crippen molar-refractivity contribution >= 4 is 21.5 Å². The first-order valence-electron chi connectivity index (χ1n) is 13.2. The summed E-state index contributed by atoms with van der Waals surface area (Å²) in [6.07, 6.45) is 7.57. The molecule has 0 bridgehead atoms. The van der Waals surface area contributed by atoms with E-state index in [0.717, 1.165) is 16.7 Å². The maximum absolute atomic E-state index is 4.38. The van der Waals surface area contributed by atoms with Crippen molar-refractivity contribution in [2.24, 2.45) is 0 Å². The fourth-order valence-electron chi connectivity index (χ4n) is 5.68. The van der Waals surface area contributed by atoms with Crippen LogP contribution in [-0.4, -0.2) is 9.97 Å². The van der Waals surface area contributed by atoms with Gasteiger partial charge in [-0.3, -0.25) is 9.97 Å². The summed E-state index contributed by atoms with van der Waals surface area (Å²) in [5, 5.41) is 5.01. The molecule has 2 aromatic heterocycles. The molecule has 184 valence electrons. The van der Waals surface area contributed by atoms with Gasteiger partial charge in [-0.2, -0.15) is 0 Å². The molecule has 39 heavy (non-hydrogen) atoms. The molecule has 0 aliphatic rings. The molecule has 0 amide bonds. The second-order valence-electron chi connectivity index (χ2n) is 9.99. The van der Waals surface area contributed by atoms with E-state index in [-0.39, 0.29) is 0 Å². The minimum Gasteiger partial charge on any atom is -0.264 e. The SMILES string of the molecule is Cc1cncc(-c2ccc(-c3c4ccccc4c(-c4cccc(-c5cccnc5)c4)c4ccccc34)cc2)c1. The lowest BCUT2D eigenvalue weighted by Crippen LogP contribution is -1.91. The van der Waals surface area contributed by atoms with E-state index in [1.807, 2.05) is 30.9 Å². The van der Waals surface area contributed by atoms with Crippen molar-refractivity contribution in [1.82, 2.24) is 9.97 Å². The van der Waals surface area contributed by atoms with Crippen LogP contribution in [0, 0.1) is 6.92 Å². The molecule has 0 atom stereocenters. The van der Waals surface area contributed by atoms with Crippen molar-refractivity contribution in [2.75, 3.05) is 0 Å². The molecular weight excluding hydrogens is 472 g/mol. The minimum absolute atomic E-state index is 1.12. The van der Waals surface area contributed by atoms with Gasteiger partial charge in [-0.15, -0.1) is 0 Å². The van der Waals surface area contributed by atoms with Crippen molar-refractivity contribution in [3.8, 4) is 44.5 Å². The monoisotopic (exact) mass is 498 g/mol. The van der Waals surface area contributed by atoms with Gasteiger partial charge in [-0.1, -0.05) is 97.1 Å². The number of hydrogen-bond donors (Lipinski definition) is 0. The molecule has 0 spiro atoms. The summed E-state index contributed by atoms with van der Waals surface area (Å²) in [6.45, 7) is 2.08. The van der Waals surface area contributed by atoms with Crippen molar-refractivity contribution in [3.05, 3.63) is 146 Å². The van der Waals surface area contributed by atoms with E-state index < -0.39 is 0 Å². The van der Waals surface area contributed by atoms with Crippen LogP contribution in [0.5, 0.6) is 0 Å². The number of benzene rings is 5. The molecule has 0 radical (unpaired) electrons.